The highest BCUT2D eigenvalue weighted by atomic mass is 16.5. The molecule has 1 aromatic carbocycles. The summed E-state index contributed by atoms with van der Waals surface area (Å²) in [7, 11) is 0. The Morgan fingerprint density at radius 3 is 2.67 bits per heavy atom. The molecule has 2 aromatic rings. The van der Waals surface area contributed by atoms with Crippen molar-refractivity contribution in [3.63, 3.8) is 0 Å². The first kappa shape index (κ1) is 13.6. The zero-order valence-electron chi connectivity index (χ0n) is 11.7. The fourth-order valence-electron chi connectivity index (χ4n) is 2.39. The number of rotatable bonds is 3. The Hall–Kier alpha value is -2.34. The molecule has 1 aliphatic rings. The van der Waals surface area contributed by atoms with Gasteiger partial charge in [0.15, 0.2) is 5.82 Å². The van der Waals surface area contributed by atoms with Gasteiger partial charge in [0.2, 0.25) is 0 Å². The number of benzene rings is 1. The van der Waals surface area contributed by atoms with E-state index in [-0.39, 0.29) is 11.7 Å². The number of aromatic nitrogens is 2. The van der Waals surface area contributed by atoms with E-state index in [2.05, 4.69) is 5.10 Å². The van der Waals surface area contributed by atoms with Crippen molar-refractivity contribution in [2.45, 2.75) is 6.54 Å². The van der Waals surface area contributed by atoms with Gasteiger partial charge in [-0.1, -0.05) is 30.3 Å². The SMILES string of the molecule is Nc1nn(Cc2ccccc2)cc1C(=O)N1CCOCC1. The lowest BCUT2D eigenvalue weighted by molar-refractivity contribution is 0.0303. The van der Waals surface area contributed by atoms with Crippen molar-refractivity contribution in [1.29, 1.82) is 0 Å². The molecule has 0 spiro atoms. The minimum atomic E-state index is -0.0740. The summed E-state index contributed by atoms with van der Waals surface area (Å²) in [5.41, 5.74) is 7.47. The first-order chi connectivity index (χ1) is 10.2. The van der Waals surface area contributed by atoms with Crippen LogP contribution in [0.25, 0.3) is 0 Å². The summed E-state index contributed by atoms with van der Waals surface area (Å²) < 4.78 is 6.96. The molecule has 6 heteroatoms. The Labute approximate surface area is 123 Å². The summed E-state index contributed by atoms with van der Waals surface area (Å²) >= 11 is 0. The zero-order valence-corrected chi connectivity index (χ0v) is 11.7. The maximum absolute atomic E-state index is 12.4. The monoisotopic (exact) mass is 286 g/mol. The zero-order chi connectivity index (χ0) is 14.7. The number of hydrogen-bond acceptors (Lipinski definition) is 4. The Kier molecular flexibility index (Phi) is 3.87. The van der Waals surface area contributed by atoms with Crippen molar-refractivity contribution in [2.24, 2.45) is 0 Å². The number of anilines is 1. The van der Waals surface area contributed by atoms with Crippen LogP contribution in [0.4, 0.5) is 5.82 Å². The van der Waals surface area contributed by atoms with E-state index in [1.807, 2.05) is 30.3 Å². The molecular formula is C15H18N4O2. The highest BCUT2D eigenvalue weighted by molar-refractivity contribution is 5.98. The van der Waals surface area contributed by atoms with Crippen LogP contribution >= 0.6 is 0 Å². The molecule has 1 aliphatic heterocycles. The highest BCUT2D eigenvalue weighted by Gasteiger charge is 2.22. The van der Waals surface area contributed by atoms with Gasteiger partial charge in [0, 0.05) is 19.3 Å². The van der Waals surface area contributed by atoms with Crippen molar-refractivity contribution in [2.75, 3.05) is 32.0 Å². The minimum absolute atomic E-state index is 0.0740. The quantitative estimate of drug-likeness (QED) is 0.913. The lowest BCUT2D eigenvalue weighted by atomic mass is 10.2. The molecular weight excluding hydrogens is 268 g/mol. The van der Waals surface area contributed by atoms with E-state index in [4.69, 9.17) is 10.5 Å². The van der Waals surface area contributed by atoms with Crippen LogP contribution < -0.4 is 5.73 Å². The van der Waals surface area contributed by atoms with Gasteiger partial charge in [0.05, 0.1) is 19.8 Å². The van der Waals surface area contributed by atoms with E-state index < -0.39 is 0 Å². The molecule has 1 amide bonds. The summed E-state index contributed by atoms with van der Waals surface area (Å²) in [6.07, 6.45) is 1.72. The van der Waals surface area contributed by atoms with E-state index >= 15 is 0 Å². The second kappa shape index (κ2) is 5.97. The molecule has 0 aliphatic carbocycles. The maximum Gasteiger partial charge on any atom is 0.259 e. The summed E-state index contributed by atoms with van der Waals surface area (Å²) in [5.74, 6) is 0.206. The number of carbonyl (C=O) groups excluding carboxylic acids is 1. The van der Waals surface area contributed by atoms with Crippen LogP contribution in [-0.4, -0.2) is 46.9 Å². The molecule has 21 heavy (non-hydrogen) atoms. The number of ether oxygens (including phenoxy) is 1. The van der Waals surface area contributed by atoms with Crippen molar-refractivity contribution in [1.82, 2.24) is 14.7 Å². The van der Waals surface area contributed by atoms with Crippen LogP contribution in [0.15, 0.2) is 36.5 Å². The molecule has 1 saturated heterocycles. The maximum atomic E-state index is 12.4. The molecule has 3 rings (SSSR count). The standard InChI is InChI=1S/C15H18N4O2/c16-14-13(15(20)18-6-8-21-9-7-18)11-19(17-14)10-12-4-2-1-3-5-12/h1-5,11H,6-10H2,(H2,16,17). The Balaban J connectivity index is 1.76. The molecule has 110 valence electrons. The number of nitrogen functional groups attached to an aromatic ring is 1. The first-order valence-corrected chi connectivity index (χ1v) is 6.98. The van der Waals surface area contributed by atoms with Gasteiger partial charge in [0.25, 0.3) is 5.91 Å². The Morgan fingerprint density at radius 2 is 1.95 bits per heavy atom. The number of nitrogens with two attached hydrogens (primary N) is 1. The van der Waals surface area contributed by atoms with Crippen LogP contribution in [0.3, 0.4) is 0 Å². The van der Waals surface area contributed by atoms with Gasteiger partial charge >= 0.3 is 0 Å². The summed E-state index contributed by atoms with van der Waals surface area (Å²) in [5, 5.41) is 4.24. The Morgan fingerprint density at radius 1 is 1.24 bits per heavy atom. The molecule has 0 atom stereocenters. The fourth-order valence-corrected chi connectivity index (χ4v) is 2.39. The molecule has 0 bridgehead atoms. The van der Waals surface area contributed by atoms with Gasteiger partial charge in [-0.05, 0) is 5.56 Å². The second-order valence-electron chi connectivity index (χ2n) is 5.02. The van der Waals surface area contributed by atoms with Crippen LogP contribution in [0.5, 0.6) is 0 Å². The van der Waals surface area contributed by atoms with Crippen molar-refractivity contribution >= 4 is 11.7 Å². The predicted molar refractivity (Wildman–Crippen MR) is 78.9 cm³/mol. The lowest BCUT2D eigenvalue weighted by Gasteiger charge is -2.26. The van der Waals surface area contributed by atoms with Gasteiger partial charge in [-0.15, -0.1) is 0 Å². The smallest absolute Gasteiger partial charge is 0.259 e. The number of carbonyl (C=O) groups is 1. The average Bonchev–Trinajstić information content (AvgIpc) is 2.89. The normalized spacial score (nSPS) is 15.1. The molecule has 2 N–H and O–H groups in total. The van der Waals surface area contributed by atoms with Gasteiger partial charge in [-0.2, -0.15) is 5.10 Å². The Bertz CT molecular complexity index is 618. The third-order valence-electron chi connectivity index (χ3n) is 3.51. The van der Waals surface area contributed by atoms with Crippen molar-refractivity contribution in [3.8, 4) is 0 Å². The molecule has 2 heterocycles. The molecule has 0 radical (unpaired) electrons. The number of morpholine rings is 1. The molecule has 0 saturated carbocycles. The van der Waals surface area contributed by atoms with E-state index in [9.17, 15) is 4.79 Å². The minimum Gasteiger partial charge on any atom is -0.382 e. The van der Waals surface area contributed by atoms with Crippen molar-refractivity contribution < 1.29 is 9.53 Å². The van der Waals surface area contributed by atoms with Crippen molar-refractivity contribution in [3.05, 3.63) is 47.7 Å². The summed E-state index contributed by atoms with van der Waals surface area (Å²) in [6.45, 7) is 2.94. The van der Waals surface area contributed by atoms with Crippen LogP contribution in [0.1, 0.15) is 15.9 Å². The van der Waals surface area contributed by atoms with E-state index in [1.54, 1.807) is 15.8 Å². The van der Waals surface area contributed by atoms with Gasteiger partial charge in [0.1, 0.15) is 5.56 Å². The topological polar surface area (TPSA) is 73.4 Å². The van der Waals surface area contributed by atoms with Crippen LogP contribution in [-0.2, 0) is 11.3 Å². The van der Waals surface area contributed by atoms with Gasteiger partial charge in [-0.3, -0.25) is 9.48 Å². The van der Waals surface area contributed by atoms with E-state index in [0.717, 1.165) is 5.56 Å². The highest BCUT2D eigenvalue weighted by Crippen LogP contribution is 2.14. The number of nitrogens with zero attached hydrogens (tertiary/aromatic N) is 3. The summed E-state index contributed by atoms with van der Waals surface area (Å²) in [6, 6.07) is 9.95. The predicted octanol–water partition coefficient (Wildman–Crippen LogP) is 0.986. The largest absolute Gasteiger partial charge is 0.382 e. The van der Waals surface area contributed by atoms with E-state index in [1.165, 1.54) is 0 Å². The third-order valence-corrected chi connectivity index (χ3v) is 3.51. The van der Waals surface area contributed by atoms with Crippen LogP contribution in [0.2, 0.25) is 0 Å². The molecule has 0 unspecified atom stereocenters. The molecule has 6 nitrogen and oxygen atoms in total. The first-order valence-electron chi connectivity index (χ1n) is 6.98. The second-order valence-corrected chi connectivity index (χ2v) is 5.02. The molecule has 1 fully saturated rings. The fraction of sp³-hybridized carbons (Fsp3) is 0.333. The third kappa shape index (κ3) is 3.05. The van der Waals surface area contributed by atoms with Crippen LogP contribution in [0, 0.1) is 0 Å². The van der Waals surface area contributed by atoms with Gasteiger partial charge in [-0.25, -0.2) is 0 Å². The lowest BCUT2D eigenvalue weighted by Crippen LogP contribution is -2.40. The van der Waals surface area contributed by atoms with E-state index in [0.29, 0.717) is 38.4 Å². The number of amides is 1. The van der Waals surface area contributed by atoms with Gasteiger partial charge < -0.3 is 15.4 Å². The average molecular weight is 286 g/mol. The summed E-state index contributed by atoms with van der Waals surface area (Å²) in [4.78, 5) is 14.2. The molecule has 1 aromatic heterocycles. The number of hydrogen-bond donors (Lipinski definition) is 1.